The Morgan fingerprint density at radius 1 is 1.22 bits per heavy atom. The molecule has 0 N–H and O–H groups in total. The molecule has 116 valence electrons. The van der Waals surface area contributed by atoms with Gasteiger partial charge in [-0.15, -0.1) is 0 Å². The molecule has 0 aromatic carbocycles. The monoisotopic (exact) mass is 306 g/mol. The van der Waals surface area contributed by atoms with Crippen LogP contribution in [0.3, 0.4) is 0 Å². The van der Waals surface area contributed by atoms with Crippen LogP contribution in [0.4, 0.5) is 0 Å². The third kappa shape index (κ3) is 2.38. The number of hydrogen-bond donors (Lipinski definition) is 0. The Balaban J connectivity index is 1.70. The fourth-order valence-electron chi connectivity index (χ4n) is 3.32. The normalized spacial score (nSPS) is 17.8. The van der Waals surface area contributed by atoms with Gasteiger partial charge in [0, 0.05) is 36.5 Å². The SMILES string of the molecule is Cc1ccc(C(=O)N2CCC[C@H]2c2cccc3nccn23)cn1. The third-order valence-electron chi connectivity index (χ3n) is 4.47. The summed E-state index contributed by atoms with van der Waals surface area (Å²) in [4.78, 5) is 23.4. The van der Waals surface area contributed by atoms with Crippen LogP contribution >= 0.6 is 0 Å². The van der Waals surface area contributed by atoms with Crippen LogP contribution in [0.2, 0.25) is 0 Å². The summed E-state index contributed by atoms with van der Waals surface area (Å²) in [5.74, 6) is 0.0529. The number of likely N-dealkylation sites (tertiary alicyclic amines) is 1. The maximum absolute atomic E-state index is 12.9. The van der Waals surface area contributed by atoms with E-state index in [-0.39, 0.29) is 11.9 Å². The Hall–Kier alpha value is -2.69. The van der Waals surface area contributed by atoms with E-state index in [1.807, 2.05) is 42.3 Å². The lowest BCUT2D eigenvalue weighted by molar-refractivity contribution is 0.0732. The highest BCUT2D eigenvalue weighted by Crippen LogP contribution is 2.33. The minimum Gasteiger partial charge on any atom is -0.330 e. The van der Waals surface area contributed by atoms with E-state index in [9.17, 15) is 4.79 Å². The number of rotatable bonds is 2. The first-order valence-corrected chi connectivity index (χ1v) is 7.89. The van der Waals surface area contributed by atoms with E-state index in [2.05, 4.69) is 20.4 Å². The van der Waals surface area contributed by atoms with Crippen LogP contribution in [0.25, 0.3) is 5.65 Å². The van der Waals surface area contributed by atoms with Crippen LogP contribution in [0.1, 0.15) is 40.6 Å². The molecule has 5 heteroatoms. The molecule has 1 aliphatic heterocycles. The lowest BCUT2D eigenvalue weighted by atomic mass is 10.1. The highest BCUT2D eigenvalue weighted by atomic mass is 16.2. The number of aryl methyl sites for hydroxylation is 1. The molecule has 1 aliphatic rings. The zero-order chi connectivity index (χ0) is 15.8. The summed E-state index contributed by atoms with van der Waals surface area (Å²) in [6.45, 7) is 2.70. The average Bonchev–Trinajstić information content (AvgIpc) is 3.23. The van der Waals surface area contributed by atoms with Gasteiger partial charge in [0.15, 0.2) is 0 Å². The van der Waals surface area contributed by atoms with Crippen LogP contribution < -0.4 is 0 Å². The second-order valence-electron chi connectivity index (χ2n) is 5.95. The number of fused-ring (bicyclic) bond motifs is 1. The van der Waals surface area contributed by atoms with Crippen molar-refractivity contribution < 1.29 is 4.79 Å². The van der Waals surface area contributed by atoms with Crippen molar-refractivity contribution in [2.75, 3.05) is 6.54 Å². The molecule has 1 amide bonds. The van der Waals surface area contributed by atoms with Crippen LogP contribution in [0.15, 0.2) is 48.9 Å². The number of carbonyl (C=O) groups is 1. The van der Waals surface area contributed by atoms with E-state index < -0.39 is 0 Å². The van der Waals surface area contributed by atoms with Gasteiger partial charge in [0.2, 0.25) is 0 Å². The van der Waals surface area contributed by atoms with Gasteiger partial charge in [-0.3, -0.25) is 9.78 Å². The molecule has 0 spiro atoms. The molecule has 0 radical (unpaired) electrons. The van der Waals surface area contributed by atoms with Crippen molar-refractivity contribution in [2.24, 2.45) is 0 Å². The Labute approximate surface area is 134 Å². The molecule has 0 saturated carbocycles. The molecule has 1 saturated heterocycles. The number of nitrogens with zero attached hydrogens (tertiary/aromatic N) is 4. The van der Waals surface area contributed by atoms with Crippen molar-refractivity contribution in [3.63, 3.8) is 0 Å². The molecule has 1 fully saturated rings. The first kappa shape index (κ1) is 13.9. The predicted molar refractivity (Wildman–Crippen MR) is 87.2 cm³/mol. The van der Waals surface area contributed by atoms with Gasteiger partial charge in [0.05, 0.1) is 11.6 Å². The molecular formula is C18H18N4O. The Kier molecular flexibility index (Phi) is 3.33. The van der Waals surface area contributed by atoms with Gasteiger partial charge in [0.1, 0.15) is 5.65 Å². The van der Waals surface area contributed by atoms with Gasteiger partial charge in [0.25, 0.3) is 5.91 Å². The van der Waals surface area contributed by atoms with E-state index in [0.717, 1.165) is 36.4 Å². The summed E-state index contributed by atoms with van der Waals surface area (Å²) in [5.41, 5.74) is 3.60. The number of pyridine rings is 2. The van der Waals surface area contributed by atoms with Gasteiger partial charge >= 0.3 is 0 Å². The van der Waals surface area contributed by atoms with Gasteiger partial charge in [-0.25, -0.2) is 4.98 Å². The van der Waals surface area contributed by atoms with Crippen LogP contribution in [0, 0.1) is 6.92 Å². The van der Waals surface area contributed by atoms with Crippen molar-refractivity contribution in [1.29, 1.82) is 0 Å². The van der Waals surface area contributed by atoms with Gasteiger partial charge in [-0.2, -0.15) is 0 Å². The molecular weight excluding hydrogens is 288 g/mol. The van der Waals surface area contributed by atoms with Crippen LogP contribution in [-0.2, 0) is 0 Å². The Morgan fingerprint density at radius 2 is 2.13 bits per heavy atom. The molecule has 1 atom stereocenters. The second kappa shape index (κ2) is 5.50. The van der Waals surface area contributed by atoms with Crippen molar-refractivity contribution >= 4 is 11.6 Å². The summed E-state index contributed by atoms with van der Waals surface area (Å²) in [7, 11) is 0. The van der Waals surface area contributed by atoms with E-state index in [4.69, 9.17) is 0 Å². The van der Waals surface area contributed by atoms with E-state index in [0.29, 0.717) is 5.56 Å². The van der Waals surface area contributed by atoms with E-state index >= 15 is 0 Å². The van der Waals surface area contributed by atoms with Crippen molar-refractivity contribution in [3.05, 3.63) is 65.9 Å². The van der Waals surface area contributed by atoms with Gasteiger partial charge in [-0.05, 0) is 44.0 Å². The first-order valence-electron chi connectivity index (χ1n) is 7.89. The number of aromatic nitrogens is 3. The zero-order valence-electron chi connectivity index (χ0n) is 13.0. The highest BCUT2D eigenvalue weighted by Gasteiger charge is 2.32. The quantitative estimate of drug-likeness (QED) is 0.731. The fourth-order valence-corrected chi connectivity index (χ4v) is 3.32. The average molecular weight is 306 g/mol. The number of amides is 1. The molecule has 5 nitrogen and oxygen atoms in total. The molecule has 0 unspecified atom stereocenters. The summed E-state index contributed by atoms with van der Waals surface area (Å²) in [6, 6.07) is 9.90. The number of hydrogen-bond acceptors (Lipinski definition) is 3. The summed E-state index contributed by atoms with van der Waals surface area (Å²) < 4.78 is 2.07. The topological polar surface area (TPSA) is 50.5 Å². The van der Waals surface area contributed by atoms with Crippen LogP contribution in [0.5, 0.6) is 0 Å². The molecule has 23 heavy (non-hydrogen) atoms. The third-order valence-corrected chi connectivity index (χ3v) is 4.47. The van der Waals surface area contributed by atoms with Crippen molar-refractivity contribution in [1.82, 2.24) is 19.3 Å². The molecule has 4 rings (SSSR count). The molecule has 3 aromatic rings. The molecule has 3 aromatic heterocycles. The molecule has 0 bridgehead atoms. The van der Waals surface area contributed by atoms with Gasteiger partial charge in [-0.1, -0.05) is 6.07 Å². The summed E-state index contributed by atoms with van der Waals surface area (Å²) in [5, 5.41) is 0. The first-order chi connectivity index (χ1) is 11.2. The van der Waals surface area contributed by atoms with Crippen LogP contribution in [-0.4, -0.2) is 31.7 Å². The molecule has 0 aliphatic carbocycles. The van der Waals surface area contributed by atoms with Crippen molar-refractivity contribution in [2.45, 2.75) is 25.8 Å². The lowest BCUT2D eigenvalue weighted by Crippen LogP contribution is -2.31. The summed E-state index contributed by atoms with van der Waals surface area (Å²) in [6.07, 6.45) is 7.41. The second-order valence-corrected chi connectivity index (χ2v) is 5.95. The largest absolute Gasteiger partial charge is 0.330 e. The lowest BCUT2D eigenvalue weighted by Gasteiger charge is -2.25. The Morgan fingerprint density at radius 3 is 2.96 bits per heavy atom. The minimum atomic E-state index is 0.0529. The highest BCUT2D eigenvalue weighted by molar-refractivity contribution is 5.94. The maximum atomic E-state index is 12.9. The van der Waals surface area contributed by atoms with E-state index in [1.165, 1.54) is 0 Å². The fraction of sp³-hybridized carbons (Fsp3) is 0.278. The minimum absolute atomic E-state index is 0.0529. The predicted octanol–water partition coefficient (Wildman–Crippen LogP) is 3.02. The van der Waals surface area contributed by atoms with Gasteiger partial charge < -0.3 is 9.30 Å². The summed E-state index contributed by atoms with van der Waals surface area (Å²) >= 11 is 0. The smallest absolute Gasteiger partial charge is 0.255 e. The maximum Gasteiger partial charge on any atom is 0.255 e. The van der Waals surface area contributed by atoms with Crippen molar-refractivity contribution in [3.8, 4) is 0 Å². The van der Waals surface area contributed by atoms with E-state index in [1.54, 1.807) is 12.4 Å². The standard InChI is InChI=1S/C18H18N4O/c1-13-7-8-14(12-20-13)18(23)22-10-3-5-16(22)15-4-2-6-17-19-9-11-21(15)17/h2,4,6-9,11-12,16H,3,5,10H2,1H3/t16-/m0/s1. The Bertz CT molecular complexity index is 853. The zero-order valence-corrected chi connectivity index (χ0v) is 13.0. The molecule has 4 heterocycles. The number of carbonyl (C=O) groups excluding carboxylic acids is 1. The number of imidazole rings is 1.